The summed E-state index contributed by atoms with van der Waals surface area (Å²) in [6, 6.07) is 38.3. The fraction of sp³-hybridized carbons (Fsp3) is 0.118. The predicted octanol–water partition coefficient (Wildman–Crippen LogP) is 6.28. The van der Waals surface area contributed by atoms with E-state index in [0.717, 1.165) is 70.2 Å². The number of nitrogen functional groups attached to an aromatic ring is 2. The Balaban J connectivity index is 1.07. The van der Waals surface area contributed by atoms with Crippen molar-refractivity contribution in [1.82, 2.24) is 0 Å². The summed E-state index contributed by atoms with van der Waals surface area (Å²) in [4.78, 5) is 0. The van der Waals surface area contributed by atoms with Crippen LogP contribution in [0.3, 0.4) is 0 Å². The Morgan fingerprint density at radius 3 is 1.26 bits per heavy atom. The van der Waals surface area contributed by atoms with Gasteiger partial charge >= 0.3 is 0 Å². The van der Waals surface area contributed by atoms with Crippen LogP contribution in [-0.4, -0.2) is 0 Å². The number of aryl methyl sites for hydroxylation is 2. The van der Waals surface area contributed by atoms with Crippen LogP contribution in [0.25, 0.3) is 33.2 Å². The molecule has 186 valence electrons. The van der Waals surface area contributed by atoms with E-state index in [1.165, 1.54) is 11.1 Å². The minimum absolute atomic E-state index is 0.806. The van der Waals surface area contributed by atoms with Gasteiger partial charge < -0.3 is 11.5 Å². The Labute approximate surface area is 223 Å². The van der Waals surface area contributed by atoms with Crippen LogP contribution in [0.15, 0.2) is 122 Å². The summed E-state index contributed by atoms with van der Waals surface area (Å²) in [6.45, 7) is 0. The van der Waals surface area contributed by atoms with Crippen LogP contribution in [0, 0.1) is 0 Å². The average Bonchev–Trinajstić information content (AvgIpc) is 2.97. The number of nitrogens with two attached hydrogens (primary N) is 2. The van der Waals surface area contributed by atoms with Crippen LogP contribution in [-0.2, 0) is 12.8 Å². The van der Waals surface area contributed by atoms with E-state index in [4.69, 9.17) is 11.5 Å². The number of unbranched alkanes of at least 4 members (excludes halogenated alkanes) is 1. The quantitative estimate of drug-likeness (QED) is 0.202. The molecule has 0 radical (unpaired) electrons. The molecule has 4 aromatic carbocycles. The zero-order chi connectivity index (χ0) is 25.9. The van der Waals surface area contributed by atoms with Gasteiger partial charge in [-0.3, -0.25) is 0 Å². The summed E-state index contributed by atoms with van der Waals surface area (Å²) in [7, 11) is 0. The lowest BCUT2D eigenvalue weighted by Gasteiger charge is -2.06. The van der Waals surface area contributed by atoms with Crippen molar-refractivity contribution in [3.05, 3.63) is 133 Å². The van der Waals surface area contributed by atoms with E-state index in [0.29, 0.717) is 0 Å². The normalized spacial score (nSPS) is 11.3. The molecule has 0 spiro atoms. The summed E-state index contributed by atoms with van der Waals surface area (Å²) in [5.74, 6) is 0. The van der Waals surface area contributed by atoms with Crippen molar-refractivity contribution in [3.63, 3.8) is 0 Å². The van der Waals surface area contributed by atoms with Crippen molar-refractivity contribution in [1.29, 1.82) is 0 Å². The number of hydrogen-bond donors (Lipinski definition) is 2. The van der Waals surface area contributed by atoms with Gasteiger partial charge in [0, 0.05) is 48.5 Å². The zero-order valence-corrected chi connectivity index (χ0v) is 21.4. The topological polar surface area (TPSA) is 59.8 Å². The molecule has 0 saturated heterocycles. The van der Waals surface area contributed by atoms with Gasteiger partial charge in [-0.2, -0.15) is 9.13 Å². The Hall–Kier alpha value is -4.70. The van der Waals surface area contributed by atoms with Crippen molar-refractivity contribution in [2.75, 3.05) is 11.5 Å². The first-order chi connectivity index (χ1) is 18.7. The molecule has 0 bridgehead atoms. The average molecular weight is 497 g/mol. The summed E-state index contributed by atoms with van der Waals surface area (Å²) >= 11 is 0. The highest BCUT2D eigenvalue weighted by atomic mass is 15.0. The van der Waals surface area contributed by atoms with Crippen molar-refractivity contribution < 1.29 is 9.13 Å². The van der Waals surface area contributed by atoms with E-state index in [1.54, 1.807) is 0 Å². The van der Waals surface area contributed by atoms with Crippen LogP contribution in [0.4, 0.5) is 11.4 Å². The van der Waals surface area contributed by atoms with Gasteiger partial charge in [0.05, 0.1) is 22.1 Å². The highest BCUT2D eigenvalue weighted by molar-refractivity contribution is 5.88. The lowest BCUT2D eigenvalue weighted by molar-refractivity contribution is -0.567. The van der Waals surface area contributed by atoms with Gasteiger partial charge in [0.15, 0.2) is 12.4 Å². The van der Waals surface area contributed by atoms with Crippen molar-refractivity contribution in [2.45, 2.75) is 25.7 Å². The van der Waals surface area contributed by atoms with Crippen LogP contribution < -0.4 is 20.6 Å². The van der Waals surface area contributed by atoms with Gasteiger partial charge in [-0.1, -0.05) is 48.5 Å². The number of fused-ring (bicyclic) bond motifs is 2. The summed E-state index contributed by atoms with van der Waals surface area (Å²) in [5, 5.41) is 2.15. The van der Waals surface area contributed by atoms with Gasteiger partial charge in [-0.05, 0) is 48.9 Å². The SMILES string of the molecule is Nc1cc[n+](-c2ccc(CCCCc3ccc(-[n+]4ccc(N)c5ccccc54)cc3)cc2)c2ccccc12. The number of hydrogen-bond acceptors (Lipinski definition) is 2. The summed E-state index contributed by atoms with van der Waals surface area (Å²) in [5.41, 5.74) is 21.2. The molecule has 0 saturated carbocycles. The first-order valence-corrected chi connectivity index (χ1v) is 13.2. The molecule has 4 nitrogen and oxygen atoms in total. The van der Waals surface area contributed by atoms with Gasteiger partial charge in [0.1, 0.15) is 0 Å². The molecule has 0 aliphatic rings. The van der Waals surface area contributed by atoms with E-state index in [2.05, 4.69) is 94.1 Å². The Morgan fingerprint density at radius 1 is 0.447 bits per heavy atom. The number of aromatic nitrogens is 2. The second-order valence-electron chi connectivity index (χ2n) is 9.86. The molecule has 0 aliphatic heterocycles. The third kappa shape index (κ3) is 4.69. The van der Waals surface area contributed by atoms with Gasteiger partial charge in [-0.15, -0.1) is 0 Å². The molecule has 6 rings (SSSR count). The van der Waals surface area contributed by atoms with Crippen molar-refractivity contribution >= 4 is 33.2 Å². The van der Waals surface area contributed by atoms with E-state index in [1.807, 2.05) is 36.7 Å². The lowest BCUT2D eigenvalue weighted by atomic mass is 10.0. The first-order valence-electron chi connectivity index (χ1n) is 13.2. The minimum atomic E-state index is 0.806. The second-order valence-corrected chi connectivity index (χ2v) is 9.86. The molecule has 2 heterocycles. The van der Waals surface area contributed by atoms with E-state index in [9.17, 15) is 0 Å². The first kappa shape index (κ1) is 23.7. The zero-order valence-electron chi connectivity index (χ0n) is 21.4. The molecule has 4 N–H and O–H groups in total. The summed E-state index contributed by atoms with van der Waals surface area (Å²) in [6.07, 6.45) is 8.59. The van der Waals surface area contributed by atoms with Gasteiger partial charge in [0.25, 0.3) is 0 Å². The standard InChI is InChI=1S/C34H30N4/c35-31-21-23-37(33-11-5-3-9-29(31)33)27-17-13-25(14-18-27)7-1-2-8-26-15-19-28(20-16-26)38-24-22-32(36)30-10-4-6-12-34(30)38/h3-6,9-24,35-36H,1-2,7-8H2/p+2. The van der Waals surface area contributed by atoms with Crippen LogP contribution in [0.5, 0.6) is 0 Å². The third-order valence-electron chi connectivity index (χ3n) is 7.37. The Morgan fingerprint density at radius 2 is 0.842 bits per heavy atom. The third-order valence-corrected chi connectivity index (χ3v) is 7.37. The summed E-state index contributed by atoms with van der Waals surface area (Å²) < 4.78 is 4.40. The molecule has 0 aliphatic carbocycles. The Kier molecular flexibility index (Phi) is 6.45. The molecule has 0 amide bonds. The molecule has 6 aromatic rings. The smallest absolute Gasteiger partial charge is 0.220 e. The Bertz CT molecular complexity index is 1590. The molecule has 38 heavy (non-hydrogen) atoms. The maximum absolute atomic E-state index is 6.18. The number of nitrogens with zero attached hydrogens (tertiary/aromatic N) is 2. The molecule has 0 fully saturated rings. The molecular formula is C34H32N4+2. The minimum Gasteiger partial charge on any atom is -0.398 e. The number of benzene rings is 4. The van der Waals surface area contributed by atoms with E-state index in [-0.39, 0.29) is 0 Å². The fourth-order valence-electron chi connectivity index (χ4n) is 5.26. The van der Waals surface area contributed by atoms with Crippen LogP contribution in [0.2, 0.25) is 0 Å². The molecular weight excluding hydrogens is 464 g/mol. The number of pyridine rings is 2. The van der Waals surface area contributed by atoms with Crippen molar-refractivity contribution in [3.8, 4) is 11.4 Å². The van der Waals surface area contributed by atoms with Crippen molar-refractivity contribution in [2.24, 2.45) is 0 Å². The van der Waals surface area contributed by atoms with Crippen LogP contribution in [0.1, 0.15) is 24.0 Å². The van der Waals surface area contributed by atoms with E-state index < -0.39 is 0 Å². The monoisotopic (exact) mass is 496 g/mol. The predicted molar refractivity (Wildman–Crippen MR) is 156 cm³/mol. The number of rotatable bonds is 7. The molecule has 0 unspecified atom stereocenters. The maximum atomic E-state index is 6.18. The maximum Gasteiger partial charge on any atom is 0.220 e. The van der Waals surface area contributed by atoms with Crippen LogP contribution >= 0.6 is 0 Å². The largest absolute Gasteiger partial charge is 0.398 e. The molecule has 4 heteroatoms. The fourth-order valence-corrected chi connectivity index (χ4v) is 5.26. The second kappa shape index (κ2) is 10.3. The highest BCUT2D eigenvalue weighted by Gasteiger charge is 2.15. The highest BCUT2D eigenvalue weighted by Crippen LogP contribution is 2.20. The van der Waals surface area contributed by atoms with Gasteiger partial charge in [-0.25, -0.2) is 0 Å². The number of anilines is 2. The molecule has 0 atom stereocenters. The lowest BCUT2D eigenvalue weighted by Crippen LogP contribution is -2.31. The molecule has 2 aromatic heterocycles. The number of para-hydroxylation sites is 2. The van der Waals surface area contributed by atoms with Gasteiger partial charge in [0.2, 0.25) is 22.4 Å². The van der Waals surface area contributed by atoms with E-state index >= 15 is 0 Å².